The molecule has 0 fully saturated rings. The summed E-state index contributed by atoms with van der Waals surface area (Å²) in [6.45, 7) is 0. The van der Waals surface area contributed by atoms with Crippen molar-refractivity contribution in [2.45, 2.75) is 0 Å². The van der Waals surface area contributed by atoms with E-state index in [1.807, 2.05) is 0 Å². The number of nitrogen functional groups attached to an aromatic ring is 1. The average molecular weight is 275 g/mol. The molecule has 0 heterocycles. The van der Waals surface area contributed by atoms with Gasteiger partial charge in [0, 0.05) is 11.6 Å². The lowest BCUT2D eigenvalue weighted by molar-refractivity contribution is 0.103. The average Bonchev–Trinajstić information content (AvgIpc) is 2.46. The molecule has 0 amide bonds. The van der Waals surface area contributed by atoms with Gasteiger partial charge in [-0.05, 0) is 30.3 Å². The molecule has 2 N–H and O–H groups in total. The van der Waals surface area contributed by atoms with Crippen molar-refractivity contribution in [1.29, 1.82) is 0 Å². The smallest absolute Gasteiger partial charge is 0.196 e. The van der Waals surface area contributed by atoms with E-state index in [2.05, 4.69) is 0 Å². The summed E-state index contributed by atoms with van der Waals surface area (Å²) >= 11 is 0. The van der Waals surface area contributed by atoms with E-state index < -0.39 is 11.6 Å². The van der Waals surface area contributed by atoms with Gasteiger partial charge in [0.1, 0.15) is 17.3 Å². The predicted octanol–water partition coefficient (Wildman–Crippen LogP) is 2.66. The Hall–Kier alpha value is -2.56. The van der Waals surface area contributed by atoms with E-state index in [4.69, 9.17) is 15.2 Å². The molecular weight excluding hydrogens is 261 g/mol. The Morgan fingerprint density at radius 2 is 1.85 bits per heavy atom. The number of carbonyl (C=O) groups excluding carboxylic acids is 1. The third kappa shape index (κ3) is 2.56. The van der Waals surface area contributed by atoms with Crippen molar-refractivity contribution in [3.05, 3.63) is 53.3 Å². The largest absolute Gasteiger partial charge is 0.497 e. The molecule has 0 aliphatic rings. The number of benzene rings is 2. The van der Waals surface area contributed by atoms with Crippen LogP contribution >= 0.6 is 0 Å². The molecule has 0 aliphatic carbocycles. The van der Waals surface area contributed by atoms with Crippen LogP contribution in [-0.2, 0) is 0 Å². The maximum atomic E-state index is 13.9. The zero-order chi connectivity index (χ0) is 14.7. The lowest BCUT2D eigenvalue weighted by atomic mass is 10.0. The summed E-state index contributed by atoms with van der Waals surface area (Å²) in [5, 5.41) is 0. The zero-order valence-corrected chi connectivity index (χ0v) is 11.1. The molecule has 0 bridgehead atoms. The number of anilines is 1. The Morgan fingerprint density at radius 3 is 2.40 bits per heavy atom. The van der Waals surface area contributed by atoms with E-state index >= 15 is 0 Å². The number of hydrogen-bond donors (Lipinski definition) is 1. The minimum Gasteiger partial charge on any atom is -0.497 e. The van der Waals surface area contributed by atoms with Crippen LogP contribution in [0.15, 0.2) is 36.4 Å². The van der Waals surface area contributed by atoms with Gasteiger partial charge in [0.05, 0.1) is 25.5 Å². The summed E-state index contributed by atoms with van der Waals surface area (Å²) in [7, 11) is 2.91. The molecule has 0 spiro atoms. The summed E-state index contributed by atoms with van der Waals surface area (Å²) in [5.41, 5.74) is 6.33. The Morgan fingerprint density at radius 1 is 1.10 bits per heavy atom. The van der Waals surface area contributed by atoms with Gasteiger partial charge in [-0.3, -0.25) is 4.79 Å². The molecule has 2 aromatic carbocycles. The van der Waals surface area contributed by atoms with Crippen LogP contribution in [0, 0.1) is 5.82 Å². The molecule has 0 unspecified atom stereocenters. The summed E-state index contributed by atoms with van der Waals surface area (Å²) in [6, 6.07) is 8.66. The molecule has 2 rings (SSSR count). The first-order valence-electron chi connectivity index (χ1n) is 5.88. The Balaban J connectivity index is 2.38. The van der Waals surface area contributed by atoms with Crippen molar-refractivity contribution in [2.75, 3.05) is 20.0 Å². The quantitative estimate of drug-likeness (QED) is 0.688. The van der Waals surface area contributed by atoms with Crippen LogP contribution in [0.3, 0.4) is 0 Å². The van der Waals surface area contributed by atoms with Crippen LogP contribution in [0.1, 0.15) is 15.9 Å². The molecule has 5 heteroatoms. The number of carbonyl (C=O) groups is 1. The standard InChI is InChI=1S/C15H14FNO3/c1-19-10-4-5-11(12(16)8-10)15(18)9-3-6-14(20-2)13(17)7-9/h3-8H,17H2,1-2H3. The first-order valence-corrected chi connectivity index (χ1v) is 5.88. The van der Waals surface area contributed by atoms with Gasteiger partial charge in [-0.25, -0.2) is 4.39 Å². The second-order valence-corrected chi connectivity index (χ2v) is 4.13. The molecule has 104 valence electrons. The van der Waals surface area contributed by atoms with Crippen LogP contribution in [0.4, 0.5) is 10.1 Å². The van der Waals surface area contributed by atoms with Crippen molar-refractivity contribution in [3.63, 3.8) is 0 Å². The number of nitrogens with two attached hydrogens (primary N) is 1. The molecular formula is C15H14FNO3. The van der Waals surface area contributed by atoms with Crippen LogP contribution in [0.25, 0.3) is 0 Å². The second kappa shape index (κ2) is 5.61. The third-order valence-electron chi connectivity index (χ3n) is 2.91. The summed E-state index contributed by atoms with van der Waals surface area (Å²) in [4.78, 5) is 12.2. The van der Waals surface area contributed by atoms with Gasteiger partial charge in [0.25, 0.3) is 0 Å². The molecule has 0 saturated heterocycles. The Labute approximate surface area is 115 Å². The minimum atomic E-state index is -0.635. The zero-order valence-electron chi connectivity index (χ0n) is 11.1. The number of rotatable bonds is 4. The van der Waals surface area contributed by atoms with Crippen LogP contribution in [-0.4, -0.2) is 20.0 Å². The maximum absolute atomic E-state index is 13.9. The van der Waals surface area contributed by atoms with Crippen LogP contribution in [0.5, 0.6) is 11.5 Å². The Bertz CT molecular complexity index is 656. The highest BCUT2D eigenvalue weighted by Gasteiger charge is 2.16. The van der Waals surface area contributed by atoms with Crippen LogP contribution < -0.4 is 15.2 Å². The number of ether oxygens (including phenoxy) is 2. The third-order valence-corrected chi connectivity index (χ3v) is 2.91. The van der Waals surface area contributed by atoms with Crippen molar-refractivity contribution >= 4 is 11.5 Å². The monoisotopic (exact) mass is 275 g/mol. The molecule has 0 aliphatic heterocycles. The van der Waals surface area contributed by atoms with Crippen molar-refractivity contribution in [2.24, 2.45) is 0 Å². The number of hydrogen-bond acceptors (Lipinski definition) is 4. The van der Waals surface area contributed by atoms with E-state index in [-0.39, 0.29) is 5.56 Å². The molecule has 0 saturated carbocycles. The minimum absolute atomic E-state index is 0.0321. The fourth-order valence-electron chi connectivity index (χ4n) is 1.84. The maximum Gasteiger partial charge on any atom is 0.196 e. The number of methoxy groups -OCH3 is 2. The van der Waals surface area contributed by atoms with Gasteiger partial charge >= 0.3 is 0 Å². The fourth-order valence-corrected chi connectivity index (χ4v) is 1.84. The van der Waals surface area contributed by atoms with Crippen molar-refractivity contribution in [1.82, 2.24) is 0 Å². The molecule has 2 aromatic rings. The highest BCUT2D eigenvalue weighted by Crippen LogP contribution is 2.25. The van der Waals surface area contributed by atoms with E-state index in [1.165, 1.54) is 38.5 Å². The molecule has 0 aromatic heterocycles. The van der Waals surface area contributed by atoms with Gasteiger partial charge in [-0.2, -0.15) is 0 Å². The van der Waals surface area contributed by atoms with Gasteiger partial charge in [0.2, 0.25) is 0 Å². The van der Waals surface area contributed by atoms with Gasteiger partial charge in [-0.15, -0.1) is 0 Å². The normalized spacial score (nSPS) is 10.2. The van der Waals surface area contributed by atoms with Crippen molar-refractivity contribution < 1.29 is 18.7 Å². The van der Waals surface area contributed by atoms with Gasteiger partial charge in [0.15, 0.2) is 5.78 Å². The van der Waals surface area contributed by atoms with E-state index in [1.54, 1.807) is 12.1 Å². The van der Waals surface area contributed by atoms with Gasteiger partial charge < -0.3 is 15.2 Å². The van der Waals surface area contributed by atoms with E-state index in [0.29, 0.717) is 22.7 Å². The highest BCUT2D eigenvalue weighted by atomic mass is 19.1. The first kappa shape index (κ1) is 13.9. The molecule has 0 atom stereocenters. The lowest BCUT2D eigenvalue weighted by Crippen LogP contribution is -2.05. The van der Waals surface area contributed by atoms with E-state index in [9.17, 15) is 9.18 Å². The fraction of sp³-hybridized carbons (Fsp3) is 0.133. The van der Waals surface area contributed by atoms with Crippen LogP contribution in [0.2, 0.25) is 0 Å². The van der Waals surface area contributed by atoms with E-state index in [0.717, 1.165) is 0 Å². The SMILES string of the molecule is COc1ccc(C(=O)c2ccc(OC)c(N)c2)c(F)c1. The summed E-state index contributed by atoms with van der Waals surface area (Å²) in [6.07, 6.45) is 0. The van der Waals surface area contributed by atoms with Crippen molar-refractivity contribution in [3.8, 4) is 11.5 Å². The topological polar surface area (TPSA) is 61.5 Å². The first-order chi connectivity index (χ1) is 9.56. The second-order valence-electron chi connectivity index (χ2n) is 4.13. The highest BCUT2D eigenvalue weighted by molar-refractivity contribution is 6.09. The lowest BCUT2D eigenvalue weighted by Gasteiger charge is -2.08. The molecule has 4 nitrogen and oxygen atoms in total. The molecule has 20 heavy (non-hydrogen) atoms. The summed E-state index contributed by atoms with van der Waals surface area (Å²) < 4.78 is 23.8. The number of halogens is 1. The Kier molecular flexibility index (Phi) is 3.89. The number of ketones is 1. The predicted molar refractivity (Wildman–Crippen MR) is 73.8 cm³/mol. The summed E-state index contributed by atoms with van der Waals surface area (Å²) in [5.74, 6) is -0.256. The molecule has 0 radical (unpaired) electrons. The van der Waals surface area contributed by atoms with Gasteiger partial charge in [-0.1, -0.05) is 0 Å².